The van der Waals surface area contributed by atoms with Gasteiger partial charge in [-0.15, -0.1) is 10.2 Å². The molecule has 4 aromatic rings. The summed E-state index contributed by atoms with van der Waals surface area (Å²) in [5.41, 5.74) is 8.27. The largest absolute Gasteiger partial charge is 0.479 e. The van der Waals surface area contributed by atoms with E-state index in [0.717, 1.165) is 10.6 Å². The van der Waals surface area contributed by atoms with E-state index in [1.165, 1.54) is 22.5 Å². The molecule has 0 radical (unpaired) electrons. The summed E-state index contributed by atoms with van der Waals surface area (Å²) < 4.78 is 77.5. The molecule has 1 fully saturated rings. The van der Waals surface area contributed by atoms with Crippen molar-refractivity contribution in [2.45, 2.75) is 31.2 Å². The lowest BCUT2D eigenvalue weighted by Gasteiger charge is -2.37. The summed E-state index contributed by atoms with van der Waals surface area (Å²) in [4.78, 5) is 4.13. The summed E-state index contributed by atoms with van der Waals surface area (Å²) in [7, 11) is -2.42. The third kappa shape index (κ3) is 4.25. The molecule has 0 unspecified atom stereocenters. The summed E-state index contributed by atoms with van der Waals surface area (Å²) in [5, 5.41) is 12.3. The van der Waals surface area contributed by atoms with Crippen LogP contribution in [0, 0.1) is 0 Å². The number of hydrogen-bond donors (Lipinski definition) is 1. The molecule has 0 saturated carbocycles. The number of aromatic nitrogens is 6. The second kappa shape index (κ2) is 8.83. The fourth-order valence-corrected chi connectivity index (χ4v) is 5.70. The van der Waals surface area contributed by atoms with Gasteiger partial charge in [-0.05, 0) is 36.6 Å². The highest BCUT2D eigenvalue weighted by Gasteiger charge is 2.49. The van der Waals surface area contributed by atoms with Crippen molar-refractivity contribution in [1.82, 2.24) is 33.9 Å². The number of methoxy groups -OCH3 is 1. The zero-order valence-electron chi connectivity index (χ0n) is 20.3. The first-order valence-corrected chi connectivity index (χ1v) is 13.3. The van der Waals surface area contributed by atoms with Crippen LogP contribution in [0.2, 0.25) is 0 Å². The summed E-state index contributed by atoms with van der Waals surface area (Å²) in [5.74, 6) is -4.76. The molecule has 2 N–H and O–H groups in total. The van der Waals surface area contributed by atoms with Crippen LogP contribution >= 0.6 is 0 Å². The van der Waals surface area contributed by atoms with Crippen LogP contribution in [0.4, 0.5) is 19.1 Å². The van der Waals surface area contributed by atoms with Crippen LogP contribution in [0.15, 0.2) is 24.4 Å². The highest BCUT2D eigenvalue weighted by atomic mass is 32.2. The second-order valence-corrected chi connectivity index (χ2v) is 11.2. The lowest BCUT2D eigenvalue weighted by Crippen LogP contribution is -2.49. The van der Waals surface area contributed by atoms with Gasteiger partial charge in [-0.25, -0.2) is 30.8 Å². The molecule has 4 heterocycles. The lowest BCUT2D eigenvalue weighted by atomic mass is 9.84. The van der Waals surface area contributed by atoms with Gasteiger partial charge in [0.2, 0.25) is 21.9 Å². The molecule has 1 aromatic carbocycles. The highest BCUT2D eigenvalue weighted by Crippen LogP contribution is 2.47. The molecule has 3 aromatic heterocycles. The number of fused-ring (bicyclic) bond motifs is 2. The Balaban J connectivity index is 1.75. The first-order valence-electron chi connectivity index (χ1n) is 11.4. The fourth-order valence-electron chi connectivity index (χ4n) is 4.85. The number of anilines is 1. The standard InChI is InChI=1S/C22H25F3N8O3S/c1-12(9-23)33-17-8-13(4-5-16(17)28-30-33)18-14(10-32-19(18)20(36-2)27-21(26)29-32)15-6-7-31(37(3,34)35)11-22(15,24)25/h4-5,8,10,12,15H,6-7,9,11H2,1-3H3,(H2,26,29)/t12-,15-/m1/s1. The van der Waals surface area contributed by atoms with Gasteiger partial charge in [0.15, 0.2) is 0 Å². The number of nitrogen functional groups attached to an aromatic ring is 1. The molecular weight excluding hydrogens is 513 g/mol. The van der Waals surface area contributed by atoms with Crippen molar-refractivity contribution in [2.75, 3.05) is 38.9 Å². The number of nitrogens with two attached hydrogens (primary N) is 1. The molecule has 0 spiro atoms. The maximum atomic E-state index is 15.6. The first kappa shape index (κ1) is 25.2. The molecule has 1 aliphatic rings. The van der Waals surface area contributed by atoms with Gasteiger partial charge in [0.05, 0.1) is 37.4 Å². The second-order valence-electron chi connectivity index (χ2n) is 9.17. The van der Waals surface area contributed by atoms with Crippen molar-refractivity contribution in [3.8, 4) is 17.0 Å². The number of hydrogen-bond acceptors (Lipinski definition) is 8. The van der Waals surface area contributed by atoms with Gasteiger partial charge >= 0.3 is 0 Å². The van der Waals surface area contributed by atoms with E-state index in [1.807, 2.05) is 0 Å². The van der Waals surface area contributed by atoms with E-state index in [-0.39, 0.29) is 30.4 Å². The number of alkyl halides is 3. The molecule has 11 nitrogen and oxygen atoms in total. The van der Waals surface area contributed by atoms with Crippen LogP contribution in [0.1, 0.15) is 30.9 Å². The maximum Gasteiger partial charge on any atom is 0.268 e. The van der Waals surface area contributed by atoms with E-state index in [2.05, 4.69) is 20.4 Å². The fraction of sp³-hybridized carbons (Fsp3) is 0.455. The monoisotopic (exact) mass is 538 g/mol. The van der Waals surface area contributed by atoms with E-state index in [0.29, 0.717) is 27.7 Å². The first-order chi connectivity index (χ1) is 17.4. The number of piperidine rings is 1. The summed E-state index contributed by atoms with van der Waals surface area (Å²) in [6.45, 7) is -0.0405. The Hall–Kier alpha value is -3.46. The Morgan fingerprint density at radius 3 is 2.73 bits per heavy atom. The number of sulfonamides is 1. The van der Waals surface area contributed by atoms with Gasteiger partial charge in [0, 0.05) is 18.3 Å². The Bertz CT molecular complexity index is 1600. The maximum absolute atomic E-state index is 15.6. The Morgan fingerprint density at radius 2 is 2.08 bits per heavy atom. The van der Waals surface area contributed by atoms with E-state index in [1.54, 1.807) is 25.1 Å². The quantitative estimate of drug-likeness (QED) is 0.396. The van der Waals surface area contributed by atoms with E-state index < -0.39 is 41.1 Å². The molecule has 0 aliphatic carbocycles. The molecule has 2 atom stereocenters. The van der Waals surface area contributed by atoms with Crippen LogP contribution in [0.3, 0.4) is 0 Å². The minimum absolute atomic E-state index is 0.0700. The Morgan fingerprint density at radius 1 is 1.32 bits per heavy atom. The van der Waals surface area contributed by atoms with Gasteiger partial charge in [0.25, 0.3) is 5.92 Å². The predicted molar refractivity (Wildman–Crippen MR) is 130 cm³/mol. The molecular formula is C22H25F3N8O3S. The summed E-state index contributed by atoms with van der Waals surface area (Å²) in [6, 6.07) is 4.47. The number of benzene rings is 1. The van der Waals surface area contributed by atoms with E-state index in [4.69, 9.17) is 10.5 Å². The predicted octanol–water partition coefficient (Wildman–Crippen LogP) is 2.65. The average molecular weight is 539 g/mol. The highest BCUT2D eigenvalue weighted by molar-refractivity contribution is 7.88. The molecule has 15 heteroatoms. The molecule has 1 saturated heterocycles. The molecule has 198 valence electrons. The van der Waals surface area contributed by atoms with Gasteiger partial charge in [-0.3, -0.25) is 0 Å². The van der Waals surface area contributed by atoms with Crippen molar-refractivity contribution in [1.29, 1.82) is 0 Å². The van der Waals surface area contributed by atoms with Crippen molar-refractivity contribution in [2.24, 2.45) is 0 Å². The zero-order valence-corrected chi connectivity index (χ0v) is 21.1. The van der Waals surface area contributed by atoms with Gasteiger partial charge in [-0.2, -0.15) is 9.29 Å². The minimum atomic E-state index is -3.80. The van der Waals surface area contributed by atoms with Gasteiger partial charge < -0.3 is 10.5 Å². The molecule has 37 heavy (non-hydrogen) atoms. The van der Waals surface area contributed by atoms with Crippen LogP contribution in [0.25, 0.3) is 27.7 Å². The number of ether oxygens (including phenoxy) is 1. The van der Waals surface area contributed by atoms with Crippen molar-refractivity contribution in [3.05, 3.63) is 30.0 Å². The molecule has 0 bridgehead atoms. The zero-order chi connectivity index (χ0) is 26.7. The Kier molecular flexibility index (Phi) is 6.02. The van der Waals surface area contributed by atoms with E-state index >= 15 is 8.78 Å². The van der Waals surface area contributed by atoms with Crippen molar-refractivity contribution < 1.29 is 26.3 Å². The number of rotatable bonds is 6. The molecule has 0 amide bonds. The van der Waals surface area contributed by atoms with Gasteiger partial charge in [0.1, 0.15) is 17.7 Å². The summed E-state index contributed by atoms with van der Waals surface area (Å²) in [6.07, 6.45) is 2.23. The summed E-state index contributed by atoms with van der Waals surface area (Å²) >= 11 is 0. The topological polar surface area (TPSA) is 134 Å². The molecule has 1 aliphatic heterocycles. The third-order valence-electron chi connectivity index (χ3n) is 6.65. The Labute approximate surface area is 210 Å². The van der Waals surface area contributed by atoms with Gasteiger partial charge in [-0.1, -0.05) is 11.3 Å². The number of nitrogens with zero attached hydrogens (tertiary/aromatic N) is 7. The normalized spacial score (nSPS) is 19.5. The lowest BCUT2D eigenvalue weighted by molar-refractivity contribution is -0.0633. The number of halogens is 3. The third-order valence-corrected chi connectivity index (χ3v) is 7.90. The van der Waals surface area contributed by atoms with Crippen LogP contribution in [-0.2, 0) is 10.0 Å². The smallest absolute Gasteiger partial charge is 0.268 e. The minimum Gasteiger partial charge on any atom is -0.479 e. The van der Waals surface area contributed by atoms with Crippen LogP contribution in [0.5, 0.6) is 5.88 Å². The van der Waals surface area contributed by atoms with Crippen LogP contribution < -0.4 is 10.5 Å². The average Bonchev–Trinajstić information content (AvgIpc) is 3.42. The molecule has 5 rings (SSSR count). The van der Waals surface area contributed by atoms with Crippen LogP contribution in [-0.4, -0.2) is 81.4 Å². The van der Waals surface area contributed by atoms with Crippen molar-refractivity contribution >= 4 is 32.5 Å². The van der Waals surface area contributed by atoms with E-state index in [9.17, 15) is 12.8 Å². The van der Waals surface area contributed by atoms with Crippen molar-refractivity contribution in [3.63, 3.8) is 0 Å². The SMILES string of the molecule is COc1nc(N)nn2cc([C@H]3CCN(S(C)(=O)=O)CC3(F)F)c(-c3ccc4nnn([C@H](C)CF)c4c3)c12.